The van der Waals surface area contributed by atoms with E-state index in [1.807, 2.05) is 6.92 Å². The molecule has 1 N–H and O–H groups in total. The zero-order valence-electron chi connectivity index (χ0n) is 13.2. The molecule has 1 rings (SSSR count). The summed E-state index contributed by atoms with van der Waals surface area (Å²) in [5, 5.41) is 14.5. The van der Waals surface area contributed by atoms with E-state index >= 15 is 0 Å². The van der Waals surface area contributed by atoms with Crippen LogP contribution in [0.2, 0.25) is 0 Å². The van der Waals surface area contributed by atoms with Crippen LogP contribution in [-0.2, 0) is 9.53 Å². The lowest BCUT2D eigenvalue weighted by Gasteiger charge is -2.13. The van der Waals surface area contributed by atoms with E-state index in [-0.39, 0.29) is 23.8 Å². The Kier molecular flexibility index (Phi) is 6.85. The van der Waals surface area contributed by atoms with Gasteiger partial charge in [-0.2, -0.15) is 5.10 Å². The number of rotatable bonds is 7. The van der Waals surface area contributed by atoms with Crippen molar-refractivity contribution >= 4 is 23.3 Å². The van der Waals surface area contributed by atoms with Crippen LogP contribution in [-0.4, -0.2) is 29.1 Å². The van der Waals surface area contributed by atoms with Gasteiger partial charge in [0.2, 0.25) is 0 Å². The number of non-ortho nitro benzene ring substituents is 1. The van der Waals surface area contributed by atoms with Gasteiger partial charge in [-0.05, 0) is 32.4 Å². The molecule has 0 saturated carbocycles. The first-order valence-electron chi connectivity index (χ1n) is 7.16. The van der Waals surface area contributed by atoms with E-state index in [1.165, 1.54) is 24.3 Å². The largest absolute Gasteiger partial charge is 0.465 e. The highest BCUT2D eigenvalue weighted by molar-refractivity contribution is 6.02. The number of nitrogens with zero attached hydrogens (tertiary/aromatic N) is 2. The normalized spacial score (nSPS) is 12.4. The van der Waals surface area contributed by atoms with E-state index in [4.69, 9.17) is 4.74 Å². The monoisotopic (exact) mass is 321 g/mol. The summed E-state index contributed by atoms with van der Waals surface area (Å²) in [5.74, 6) is -1.43. The summed E-state index contributed by atoms with van der Waals surface area (Å²) in [6, 6.07) is 5.14. The lowest BCUT2D eigenvalue weighted by molar-refractivity contribution is -0.384. The number of hydrazone groups is 1. The van der Waals surface area contributed by atoms with Gasteiger partial charge in [-0.15, -0.1) is 0 Å². The number of hydrogen-bond donors (Lipinski definition) is 1. The molecule has 0 heterocycles. The van der Waals surface area contributed by atoms with Crippen LogP contribution >= 0.6 is 0 Å². The van der Waals surface area contributed by atoms with Gasteiger partial charge in [0.1, 0.15) is 0 Å². The van der Waals surface area contributed by atoms with Crippen molar-refractivity contribution in [3.63, 3.8) is 0 Å². The number of nitrogens with one attached hydrogen (secondary N) is 1. The molecule has 1 unspecified atom stereocenters. The van der Waals surface area contributed by atoms with Gasteiger partial charge in [0.25, 0.3) is 11.6 Å². The predicted octanol–water partition coefficient (Wildman–Crippen LogP) is 2.29. The molecule has 0 bridgehead atoms. The summed E-state index contributed by atoms with van der Waals surface area (Å²) >= 11 is 0. The topological polar surface area (TPSA) is 111 Å². The summed E-state index contributed by atoms with van der Waals surface area (Å²) in [6.45, 7) is 5.44. The Balaban J connectivity index is 2.75. The van der Waals surface area contributed by atoms with E-state index in [9.17, 15) is 19.7 Å². The van der Waals surface area contributed by atoms with Crippen molar-refractivity contribution in [1.29, 1.82) is 0 Å². The van der Waals surface area contributed by atoms with Crippen molar-refractivity contribution in [3.8, 4) is 0 Å². The third-order valence-corrected chi connectivity index (χ3v) is 3.16. The average molecular weight is 321 g/mol. The maximum absolute atomic E-state index is 11.9. The molecular weight excluding hydrogens is 302 g/mol. The molecule has 0 aliphatic carbocycles. The standard InChI is InChI=1S/C15H19N3O5/c1-4-13(15(20)23-5-2)10(3)16-17-14(19)11-6-8-12(9-7-11)18(21)22/h6-9,13H,4-5H2,1-3H3,(H,17,19)/b16-10+. The molecule has 124 valence electrons. The molecule has 0 spiro atoms. The van der Waals surface area contributed by atoms with E-state index in [0.29, 0.717) is 12.1 Å². The minimum absolute atomic E-state index is 0.102. The summed E-state index contributed by atoms with van der Waals surface area (Å²) in [4.78, 5) is 33.7. The van der Waals surface area contributed by atoms with Crippen molar-refractivity contribution in [2.45, 2.75) is 27.2 Å². The smallest absolute Gasteiger partial charge is 0.314 e. The SMILES string of the molecule is CCOC(=O)C(CC)/C(C)=N/NC(=O)c1ccc([N+](=O)[O-])cc1. The molecule has 1 amide bonds. The van der Waals surface area contributed by atoms with Gasteiger partial charge in [-0.1, -0.05) is 6.92 Å². The number of benzene rings is 1. The highest BCUT2D eigenvalue weighted by Gasteiger charge is 2.21. The first-order chi connectivity index (χ1) is 10.9. The van der Waals surface area contributed by atoms with Crippen molar-refractivity contribution < 1.29 is 19.2 Å². The van der Waals surface area contributed by atoms with Gasteiger partial charge >= 0.3 is 5.97 Å². The molecule has 0 saturated heterocycles. The van der Waals surface area contributed by atoms with Gasteiger partial charge in [0, 0.05) is 23.4 Å². The van der Waals surface area contributed by atoms with E-state index in [1.54, 1.807) is 13.8 Å². The van der Waals surface area contributed by atoms with Crippen LogP contribution < -0.4 is 5.43 Å². The number of hydrogen-bond acceptors (Lipinski definition) is 6. The van der Waals surface area contributed by atoms with Crippen LogP contribution in [0.1, 0.15) is 37.6 Å². The summed E-state index contributed by atoms with van der Waals surface area (Å²) in [5.41, 5.74) is 2.89. The second kappa shape index (κ2) is 8.62. The zero-order valence-corrected chi connectivity index (χ0v) is 13.2. The molecule has 1 aromatic rings. The van der Waals surface area contributed by atoms with Crippen LogP contribution in [0.4, 0.5) is 5.69 Å². The Hall–Kier alpha value is -2.77. The fourth-order valence-corrected chi connectivity index (χ4v) is 1.89. The Morgan fingerprint density at radius 1 is 1.30 bits per heavy atom. The first kappa shape index (κ1) is 18.3. The van der Waals surface area contributed by atoms with Gasteiger partial charge in [0.15, 0.2) is 0 Å². The molecule has 0 radical (unpaired) electrons. The Labute approximate surface area is 133 Å². The molecule has 8 heteroatoms. The van der Waals surface area contributed by atoms with Gasteiger partial charge in [0.05, 0.1) is 17.4 Å². The second-order valence-corrected chi connectivity index (χ2v) is 4.71. The Morgan fingerprint density at radius 3 is 2.39 bits per heavy atom. The van der Waals surface area contributed by atoms with Crippen molar-refractivity contribution in [2.24, 2.45) is 11.0 Å². The number of nitro benzene ring substituents is 1. The van der Waals surface area contributed by atoms with Gasteiger partial charge in [-0.25, -0.2) is 5.43 Å². The average Bonchev–Trinajstić information content (AvgIpc) is 2.53. The summed E-state index contributed by atoms with van der Waals surface area (Å²) < 4.78 is 4.95. The lowest BCUT2D eigenvalue weighted by Crippen LogP contribution is -2.27. The minimum atomic E-state index is -0.546. The summed E-state index contributed by atoms with van der Waals surface area (Å²) in [7, 11) is 0. The fourth-order valence-electron chi connectivity index (χ4n) is 1.89. The third-order valence-electron chi connectivity index (χ3n) is 3.16. The maximum Gasteiger partial charge on any atom is 0.314 e. The molecule has 23 heavy (non-hydrogen) atoms. The van der Waals surface area contributed by atoms with E-state index < -0.39 is 16.7 Å². The lowest BCUT2D eigenvalue weighted by atomic mass is 10.0. The van der Waals surface area contributed by atoms with Crippen LogP contribution in [0.15, 0.2) is 29.4 Å². The van der Waals surface area contributed by atoms with Crippen LogP contribution in [0.25, 0.3) is 0 Å². The molecule has 0 fully saturated rings. The highest BCUT2D eigenvalue weighted by Crippen LogP contribution is 2.12. The van der Waals surface area contributed by atoms with Gasteiger partial charge < -0.3 is 4.74 Å². The van der Waals surface area contributed by atoms with Crippen LogP contribution in [0.3, 0.4) is 0 Å². The maximum atomic E-state index is 11.9. The number of ether oxygens (including phenoxy) is 1. The zero-order chi connectivity index (χ0) is 17.4. The molecule has 1 aromatic carbocycles. The van der Waals surface area contributed by atoms with Gasteiger partial charge in [-0.3, -0.25) is 19.7 Å². The molecule has 0 aliphatic heterocycles. The molecule has 1 atom stereocenters. The van der Waals surface area contributed by atoms with E-state index in [2.05, 4.69) is 10.5 Å². The van der Waals surface area contributed by atoms with Crippen molar-refractivity contribution in [1.82, 2.24) is 5.43 Å². The number of carbonyl (C=O) groups is 2. The van der Waals surface area contributed by atoms with Crippen molar-refractivity contribution in [3.05, 3.63) is 39.9 Å². The Morgan fingerprint density at radius 2 is 1.91 bits per heavy atom. The molecule has 0 aromatic heterocycles. The molecule has 0 aliphatic rings. The third kappa shape index (κ3) is 5.17. The highest BCUT2D eigenvalue weighted by atomic mass is 16.6. The van der Waals surface area contributed by atoms with Crippen LogP contribution in [0, 0.1) is 16.0 Å². The Bertz CT molecular complexity index is 610. The second-order valence-electron chi connectivity index (χ2n) is 4.71. The number of carbonyl (C=O) groups excluding carboxylic acids is 2. The molecular formula is C15H19N3O5. The fraction of sp³-hybridized carbons (Fsp3) is 0.400. The van der Waals surface area contributed by atoms with E-state index in [0.717, 1.165) is 0 Å². The molecule has 8 nitrogen and oxygen atoms in total. The number of amides is 1. The predicted molar refractivity (Wildman–Crippen MR) is 84.1 cm³/mol. The quantitative estimate of drug-likeness (QED) is 0.358. The van der Waals surface area contributed by atoms with Crippen LogP contribution in [0.5, 0.6) is 0 Å². The number of esters is 1. The minimum Gasteiger partial charge on any atom is -0.465 e. The first-order valence-corrected chi connectivity index (χ1v) is 7.16. The summed E-state index contributed by atoms with van der Waals surface area (Å²) in [6.07, 6.45) is 0.502. The van der Waals surface area contributed by atoms with Crippen molar-refractivity contribution in [2.75, 3.05) is 6.61 Å². The number of nitro groups is 1.